The number of carboxylic acid groups (broad SMARTS) is 1. The number of fused-ring (bicyclic) bond motifs is 1. The molecule has 4 nitrogen and oxygen atoms in total. The lowest BCUT2D eigenvalue weighted by Gasteiger charge is -2.27. The number of carboxylic acids is 1. The quantitative estimate of drug-likeness (QED) is 0.201. The molecule has 1 aromatic rings. The van der Waals surface area contributed by atoms with E-state index in [-0.39, 0.29) is 11.2 Å². The highest BCUT2D eigenvalue weighted by molar-refractivity contribution is 7.91. The Kier molecular flexibility index (Phi) is 10.4. The van der Waals surface area contributed by atoms with Gasteiger partial charge in [-0.25, -0.2) is 13.2 Å². The first-order chi connectivity index (χ1) is 16.0. The summed E-state index contributed by atoms with van der Waals surface area (Å²) in [6.45, 7) is 10.3. The lowest BCUT2D eigenvalue weighted by atomic mass is 9.78. The summed E-state index contributed by atoms with van der Waals surface area (Å²) in [7, 11) is -3.29. The van der Waals surface area contributed by atoms with Crippen molar-refractivity contribution in [2.75, 3.05) is 5.75 Å². The third-order valence-corrected chi connectivity index (χ3v) is 8.60. The van der Waals surface area contributed by atoms with Gasteiger partial charge in [-0.15, -0.1) is 0 Å². The number of benzene rings is 1. The van der Waals surface area contributed by atoms with Crippen molar-refractivity contribution in [3.05, 3.63) is 58.7 Å². The largest absolute Gasteiger partial charge is 0.478 e. The number of hydrogen-bond donors (Lipinski definition) is 1. The Bertz CT molecular complexity index is 1060. The Hall–Kier alpha value is -2.14. The molecule has 0 saturated heterocycles. The van der Waals surface area contributed by atoms with Gasteiger partial charge in [0.1, 0.15) is 0 Å². The number of unbranched alkanes of at least 4 members (excludes halogenated alkanes) is 5. The molecular formula is C29H42O4S. The van der Waals surface area contributed by atoms with Gasteiger partial charge in [0, 0.05) is 6.08 Å². The van der Waals surface area contributed by atoms with Gasteiger partial charge < -0.3 is 5.11 Å². The number of hydrogen-bond acceptors (Lipinski definition) is 3. The second-order valence-electron chi connectivity index (χ2n) is 10.3. The molecule has 5 heteroatoms. The van der Waals surface area contributed by atoms with Crippen molar-refractivity contribution in [3.63, 3.8) is 0 Å². The van der Waals surface area contributed by atoms with E-state index in [1.54, 1.807) is 13.0 Å². The predicted molar refractivity (Wildman–Crippen MR) is 142 cm³/mol. The van der Waals surface area contributed by atoms with E-state index >= 15 is 0 Å². The normalized spacial score (nSPS) is 18.0. The van der Waals surface area contributed by atoms with Gasteiger partial charge in [-0.3, -0.25) is 0 Å². The van der Waals surface area contributed by atoms with E-state index in [1.807, 2.05) is 25.1 Å². The van der Waals surface area contributed by atoms with Crippen LogP contribution in [0.1, 0.15) is 103 Å². The number of sulfone groups is 1. The molecular weight excluding hydrogens is 444 g/mol. The van der Waals surface area contributed by atoms with Gasteiger partial charge in [0.05, 0.1) is 10.6 Å². The lowest BCUT2D eigenvalue weighted by Crippen LogP contribution is -2.19. The zero-order valence-corrected chi connectivity index (χ0v) is 22.4. The molecule has 1 aliphatic rings. The number of carbonyl (C=O) groups is 1. The van der Waals surface area contributed by atoms with Crippen LogP contribution in [0.4, 0.5) is 0 Å². The smallest absolute Gasteiger partial charge is 0.328 e. The van der Waals surface area contributed by atoms with Crippen molar-refractivity contribution in [2.45, 2.75) is 103 Å². The molecule has 0 saturated carbocycles. The lowest BCUT2D eigenvalue weighted by molar-refractivity contribution is -0.131. The Labute approximate surface area is 206 Å². The van der Waals surface area contributed by atoms with Crippen LogP contribution >= 0.6 is 0 Å². The van der Waals surface area contributed by atoms with Gasteiger partial charge in [0.2, 0.25) is 0 Å². The van der Waals surface area contributed by atoms with Gasteiger partial charge in [0.25, 0.3) is 0 Å². The summed E-state index contributed by atoms with van der Waals surface area (Å²) >= 11 is 0. The van der Waals surface area contributed by atoms with Crippen molar-refractivity contribution >= 4 is 21.4 Å². The maximum atomic E-state index is 13.1. The SMILES string of the molecule is CCCCCCCCc1cc2c(cc1/C(C)=C/C=C/C(C)=C/C(=O)O)C(C)(C)CCCS2(=O)=O. The third-order valence-electron chi connectivity index (χ3n) is 6.77. The van der Waals surface area contributed by atoms with Crippen LogP contribution in [0.25, 0.3) is 5.57 Å². The highest BCUT2D eigenvalue weighted by atomic mass is 32.2. The second-order valence-corrected chi connectivity index (χ2v) is 12.3. The van der Waals surface area contributed by atoms with Crippen LogP contribution in [-0.4, -0.2) is 25.2 Å². The van der Waals surface area contributed by atoms with E-state index in [0.717, 1.165) is 47.9 Å². The molecule has 0 bridgehead atoms. The fourth-order valence-corrected chi connectivity index (χ4v) is 6.44. The molecule has 0 aliphatic carbocycles. The molecule has 1 aromatic carbocycles. The van der Waals surface area contributed by atoms with E-state index in [4.69, 9.17) is 5.11 Å². The van der Waals surface area contributed by atoms with Crippen LogP contribution < -0.4 is 0 Å². The Morgan fingerprint density at radius 3 is 2.44 bits per heavy atom. The average molecular weight is 487 g/mol. The fourth-order valence-electron chi connectivity index (χ4n) is 4.70. The zero-order chi connectivity index (χ0) is 25.4. The number of aryl methyl sites for hydroxylation is 1. The Morgan fingerprint density at radius 1 is 1.09 bits per heavy atom. The minimum absolute atomic E-state index is 0.205. The number of rotatable bonds is 11. The number of aliphatic carboxylic acids is 1. The highest BCUT2D eigenvalue weighted by Crippen LogP contribution is 2.40. The molecule has 1 N–H and O–H groups in total. The van der Waals surface area contributed by atoms with Crippen molar-refractivity contribution < 1.29 is 18.3 Å². The van der Waals surface area contributed by atoms with Crippen LogP contribution in [0.3, 0.4) is 0 Å². The second kappa shape index (κ2) is 12.5. The summed E-state index contributed by atoms with van der Waals surface area (Å²) in [6, 6.07) is 4.07. The van der Waals surface area contributed by atoms with Crippen molar-refractivity contribution in [3.8, 4) is 0 Å². The summed E-state index contributed by atoms with van der Waals surface area (Å²) in [4.78, 5) is 11.4. The Balaban J connectivity index is 2.47. The maximum Gasteiger partial charge on any atom is 0.328 e. The van der Waals surface area contributed by atoms with Crippen LogP contribution in [-0.2, 0) is 26.5 Å². The van der Waals surface area contributed by atoms with Gasteiger partial charge >= 0.3 is 5.97 Å². The summed E-state index contributed by atoms with van der Waals surface area (Å²) in [6.07, 6.45) is 16.4. The van der Waals surface area contributed by atoms with E-state index in [1.165, 1.54) is 31.8 Å². The molecule has 188 valence electrons. The minimum Gasteiger partial charge on any atom is -0.478 e. The summed E-state index contributed by atoms with van der Waals surface area (Å²) in [5.74, 6) is -0.746. The van der Waals surface area contributed by atoms with Crippen LogP contribution in [0.2, 0.25) is 0 Å². The molecule has 34 heavy (non-hydrogen) atoms. The zero-order valence-electron chi connectivity index (χ0n) is 21.6. The Morgan fingerprint density at radius 2 is 1.76 bits per heavy atom. The molecule has 0 unspecified atom stereocenters. The molecule has 1 aliphatic heterocycles. The first-order valence-corrected chi connectivity index (χ1v) is 14.3. The monoisotopic (exact) mass is 486 g/mol. The van der Waals surface area contributed by atoms with Crippen molar-refractivity contribution in [1.29, 1.82) is 0 Å². The fraction of sp³-hybridized carbons (Fsp3) is 0.552. The van der Waals surface area contributed by atoms with Gasteiger partial charge in [-0.05, 0) is 84.9 Å². The summed E-state index contributed by atoms with van der Waals surface area (Å²) < 4.78 is 26.2. The molecule has 0 fully saturated rings. The van der Waals surface area contributed by atoms with E-state index in [9.17, 15) is 13.2 Å². The number of allylic oxidation sites excluding steroid dienone is 5. The summed E-state index contributed by atoms with van der Waals surface area (Å²) in [5, 5.41) is 8.91. The van der Waals surface area contributed by atoms with E-state index in [2.05, 4.69) is 26.8 Å². The molecule has 0 spiro atoms. The standard InChI is InChI=1S/C29H42O4S/c1-6-7-8-9-10-11-16-24-20-27-26(29(4,5)17-13-18-34(27,32)33)21-25(24)23(3)15-12-14-22(2)19-28(30)31/h12,14-15,19-21H,6-11,13,16-18H2,1-5H3,(H,30,31)/b14-12+,22-19+,23-15+. The molecule has 0 aromatic heterocycles. The molecule has 2 rings (SSSR count). The van der Waals surface area contributed by atoms with Crippen molar-refractivity contribution in [2.24, 2.45) is 0 Å². The first kappa shape index (κ1) is 28.1. The van der Waals surface area contributed by atoms with Crippen LogP contribution in [0, 0.1) is 0 Å². The van der Waals surface area contributed by atoms with E-state index < -0.39 is 15.8 Å². The highest BCUT2D eigenvalue weighted by Gasteiger charge is 2.33. The minimum atomic E-state index is -3.29. The third kappa shape index (κ3) is 7.97. The average Bonchev–Trinajstić information content (AvgIpc) is 2.82. The molecule has 1 heterocycles. The topological polar surface area (TPSA) is 71.4 Å². The van der Waals surface area contributed by atoms with Crippen LogP contribution in [0.5, 0.6) is 0 Å². The van der Waals surface area contributed by atoms with E-state index in [0.29, 0.717) is 16.9 Å². The summed E-state index contributed by atoms with van der Waals surface area (Å²) in [5.41, 5.74) is 4.63. The maximum absolute atomic E-state index is 13.1. The van der Waals surface area contributed by atoms with Gasteiger partial charge in [0.15, 0.2) is 9.84 Å². The van der Waals surface area contributed by atoms with Gasteiger partial charge in [-0.1, -0.05) is 71.1 Å². The van der Waals surface area contributed by atoms with Gasteiger partial charge in [-0.2, -0.15) is 0 Å². The first-order valence-electron chi connectivity index (χ1n) is 12.6. The molecule has 0 atom stereocenters. The predicted octanol–water partition coefficient (Wildman–Crippen LogP) is 7.43. The van der Waals surface area contributed by atoms with Crippen LogP contribution in [0.15, 0.2) is 46.9 Å². The van der Waals surface area contributed by atoms with Crippen molar-refractivity contribution in [1.82, 2.24) is 0 Å². The molecule has 0 radical (unpaired) electrons. The molecule has 0 amide bonds.